The molecule has 1 N–H and O–H groups in total. The number of carbonyl (C=O) groups is 1. The molecule has 3 heteroatoms. The molecule has 0 atom stereocenters. The van der Waals surface area contributed by atoms with Crippen molar-refractivity contribution in [1.82, 2.24) is 5.32 Å². The van der Waals surface area contributed by atoms with Crippen LogP contribution in [0, 0.1) is 11.8 Å². The van der Waals surface area contributed by atoms with Gasteiger partial charge in [-0.1, -0.05) is 13.8 Å². The average molecular weight is 185 g/mol. The summed E-state index contributed by atoms with van der Waals surface area (Å²) in [6, 6.07) is 0.534. The van der Waals surface area contributed by atoms with E-state index >= 15 is 0 Å². The minimum Gasteiger partial charge on any atom is -0.469 e. The Hall–Kier alpha value is -0.570. The molecular weight excluding hydrogens is 166 g/mol. The Bertz CT molecular complexity index is 174. The number of carbonyl (C=O) groups excluding carboxylic acids is 1. The molecular formula is C10H19NO2. The molecule has 13 heavy (non-hydrogen) atoms. The largest absolute Gasteiger partial charge is 0.469 e. The number of methoxy groups -OCH3 is 1. The lowest BCUT2D eigenvalue weighted by molar-refractivity contribution is -0.149. The van der Waals surface area contributed by atoms with Crippen molar-refractivity contribution in [2.45, 2.75) is 32.7 Å². The first-order valence-corrected chi connectivity index (χ1v) is 4.94. The number of hydrogen-bond acceptors (Lipinski definition) is 3. The molecule has 1 aliphatic rings. The quantitative estimate of drug-likeness (QED) is 0.668. The molecule has 0 aromatic rings. The highest BCUT2D eigenvalue weighted by Crippen LogP contribution is 2.28. The minimum atomic E-state index is -0.0532. The van der Waals surface area contributed by atoms with E-state index in [1.54, 1.807) is 0 Å². The van der Waals surface area contributed by atoms with E-state index in [0.717, 1.165) is 19.4 Å². The van der Waals surface area contributed by atoms with Crippen LogP contribution >= 0.6 is 0 Å². The topological polar surface area (TPSA) is 38.3 Å². The van der Waals surface area contributed by atoms with Crippen LogP contribution in [0.4, 0.5) is 0 Å². The number of hydrogen-bond donors (Lipinski definition) is 1. The summed E-state index contributed by atoms with van der Waals surface area (Å²) in [5.74, 6) is 0.773. The van der Waals surface area contributed by atoms with Gasteiger partial charge in [-0.3, -0.25) is 4.79 Å². The predicted octanol–water partition coefficient (Wildman–Crippen LogP) is 1.18. The maximum absolute atomic E-state index is 11.0. The Kier molecular flexibility index (Phi) is 3.72. The van der Waals surface area contributed by atoms with Gasteiger partial charge in [0.2, 0.25) is 0 Å². The van der Waals surface area contributed by atoms with Crippen LogP contribution < -0.4 is 5.32 Å². The summed E-state index contributed by atoms with van der Waals surface area (Å²) in [6.45, 7) is 5.41. The fraction of sp³-hybridized carbons (Fsp3) is 0.900. The van der Waals surface area contributed by atoms with E-state index in [1.165, 1.54) is 7.11 Å². The van der Waals surface area contributed by atoms with Crippen molar-refractivity contribution in [3.63, 3.8) is 0 Å². The lowest BCUT2D eigenvalue weighted by atomic mass is 9.80. The van der Waals surface area contributed by atoms with Crippen LogP contribution in [0.25, 0.3) is 0 Å². The van der Waals surface area contributed by atoms with Gasteiger partial charge in [0.05, 0.1) is 13.0 Å². The van der Waals surface area contributed by atoms with Gasteiger partial charge in [-0.25, -0.2) is 0 Å². The Balaban J connectivity index is 2.08. The first-order valence-electron chi connectivity index (χ1n) is 4.94. The fourth-order valence-electron chi connectivity index (χ4n) is 1.55. The third-order valence-electron chi connectivity index (χ3n) is 2.49. The van der Waals surface area contributed by atoms with Crippen LogP contribution in [-0.4, -0.2) is 25.7 Å². The highest BCUT2D eigenvalue weighted by Gasteiger charge is 2.34. The third kappa shape index (κ3) is 2.99. The molecule has 1 saturated carbocycles. The van der Waals surface area contributed by atoms with Crippen molar-refractivity contribution in [2.24, 2.45) is 11.8 Å². The SMILES string of the molecule is COC(=O)C1CC(NCC(C)C)C1. The summed E-state index contributed by atoms with van der Waals surface area (Å²) in [7, 11) is 1.46. The zero-order valence-corrected chi connectivity index (χ0v) is 8.67. The lowest BCUT2D eigenvalue weighted by Crippen LogP contribution is -2.45. The van der Waals surface area contributed by atoms with Gasteiger partial charge in [-0.05, 0) is 25.3 Å². The smallest absolute Gasteiger partial charge is 0.308 e. The Labute approximate surface area is 79.8 Å². The molecule has 3 nitrogen and oxygen atoms in total. The monoisotopic (exact) mass is 185 g/mol. The average Bonchev–Trinajstić information content (AvgIpc) is 2.00. The second-order valence-corrected chi connectivity index (χ2v) is 4.19. The van der Waals surface area contributed by atoms with Crippen LogP contribution in [-0.2, 0) is 9.53 Å². The van der Waals surface area contributed by atoms with Gasteiger partial charge in [0, 0.05) is 6.04 Å². The van der Waals surface area contributed by atoms with Crippen molar-refractivity contribution in [1.29, 1.82) is 0 Å². The van der Waals surface area contributed by atoms with Gasteiger partial charge in [-0.15, -0.1) is 0 Å². The number of nitrogens with one attached hydrogen (secondary N) is 1. The third-order valence-corrected chi connectivity index (χ3v) is 2.49. The number of ether oxygens (including phenoxy) is 1. The fourth-order valence-corrected chi connectivity index (χ4v) is 1.55. The first-order chi connectivity index (χ1) is 6.13. The number of rotatable bonds is 4. The molecule has 76 valence electrons. The summed E-state index contributed by atoms with van der Waals surface area (Å²) in [6.07, 6.45) is 1.89. The lowest BCUT2D eigenvalue weighted by Gasteiger charge is -2.34. The second-order valence-electron chi connectivity index (χ2n) is 4.19. The Morgan fingerprint density at radius 1 is 1.54 bits per heavy atom. The molecule has 0 aromatic carbocycles. The van der Waals surface area contributed by atoms with E-state index in [1.807, 2.05) is 0 Å². The molecule has 0 saturated heterocycles. The maximum Gasteiger partial charge on any atom is 0.308 e. The zero-order chi connectivity index (χ0) is 9.84. The van der Waals surface area contributed by atoms with E-state index in [9.17, 15) is 4.79 Å². The molecule has 1 aliphatic carbocycles. The first kappa shape index (κ1) is 10.5. The second kappa shape index (κ2) is 4.61. The highest BCUT2D eigenvalue weighted by atomic mass is 16.5. The summed E-state index contributed by atoms with van der Waals surface area (Å²) in [5.41, 5.74) is 0. The van der Waals surface area contributed by atoms with E-state index < -0.39 is 0 Å². The summed E-state index contributed by atoms with van der Waals surface area (Å²) >= 11 is 0. The zero-order valence-electron chi connectivity index (χ0n) is 8.67. The molecule has 0 unspecified atom stereocenters. The van der Waals surface area contributed by atoms with Crippen LogP contribution in [0.3, 0.4) is 0 Å². The van der Waals surface area contributed by atoms with Gasteiger partial charge in [0.1, 0.15) is 0 Å². The molecule has 1 rings (SSSR count). The van der Waals surface area contributed by atoms with E-state index in [2.05, 4.69) is 23.9 Å². The molecule has 0 spiro atoms. The Morgan fingerprint density at radius 3 is 2.62 bits per heavy atom. The van der Waals surface area contributed by atoms with Crippen LogP contribution in [0.1, 0.15) is 26.7 Å². The highest BCUT2D eigenvalue weighted by molar-refractivity contribution is 5.73. The summed E-state index contributed by atoms with van der Waals surface area (Å²) < 4.78 is 4.66. The van der Waals surface area contributed by atoms with Gasteiger partial charge >= 0.3 is 5.97 Å². The van der Waals surface area contributed by atoms with Gasteiger partial charge < -0.3 is 10.1 Å². The molecule has 0 aromatic heterocycles. The van der Waals surface area contributed by atoms with Crippen LogP contribution in [0.2, 0.25) is 0 Å². The minimum absolute atomic E-state index is 0.0532. The summed E-state index contributed by atoms with van der Waals surface area (Å²) in [5, 5.41) is 3.42. The van der Waals surface area contributed by atoms with Crippen molar-refractivity contribution in [2.75, 3.05) is 13.7 Å². The van der Waals surface area contributed by atoms with E-state index in [4.69, 9.17) is 0 Å². The van der Waals surface area contributed by atoms with Gasteiger partial charge in [-0.2, -0.15) is 0 Å². The Morgan fingerprint density at radius 2 is 2.15 bits per heavy atom. The molecule has 0 radical (unpaired) electrons. The van der Waals surface area contributed by atoms with Crippen molar-refractivity contribution in [3.05, 3.63) is 0 Å². The van der Waals surface area contributed by atoms with E-state index in [-0.39, 0.29) is 11.9 Å². The maximum atomic E-state index is 11.0. The predicted molar refractivity (Wildman–Crippen MR) is 51.4 cm³/mol. The van der Waals surface area contributed by atoms with Crippen LogP contribution in [0.15, 0.2) is 0 Å². The van der Waals surface area contributed by atoms with Crippen molar-refractivity contribution >= 4 is 5.97 Å². The molecule has 0 amide bonds. The normalized spacial score (nSPS) is 27.1. The molecule has 0 bridgehead atoms. The van der Waals surface area contributed by atoms with Gasteiger partial charge in [0.25, 0.3) is 0 Å². The van der Waals surface area contributed by atoms with Crippen LogP contribution in [0.5, 0.6) is 0 Å². The van der Waals surface area contributed by atoms with Crippen molar-refractivity contribution < 1.29 is 9.53 Å². The molecule has 1 fully saturated rings. The molecule has 0 aliphatic heterocycles. The standard InChI is InChI=1S/C10H19NO2/c1-7(2)6-11-9-4-8(5-9)10(12)13-3/h7-9,11H,4-6H2,1-3H3. The molecule has 0 heterocycles. The van der Waals surface area contributed by atoms with Gasteiger partial charge in [0.15, 0.2) is 0 Å². The summed E-state index contributed by atoms with van der Waals surface area (Å²) in [4.78, 5) is 11.0. The van der Waals surface area contributed by atoms with Crippen molar-refractivity contribution in [3.8, 4) is 0 Å². The number of esters is 1. The van der Waals surface area contributed by atoms with E-state index in [0.29, 0.717) is 12.0 Å².